The number of nitrogens with one attached hydrogen (secondary N) is 1. The Morgan fingerprint density at radius 3 is 3.00 bits per heavy atom. The summed E-state index contributed by atoms with van der Waals surface area (Å²) in [7, 11) is 0. The van der Waals surface area contributed by atoms with Gasteiger partial charge in [0.2, 0.25) is 0 Å². The van der Waals surface area contributed by atoms with Crippen molar-refractivity contribution in [3.8, 4) is 6.07 Å². The summed E-state index contributed by atoms with van der Waals surface area (Å²) >= 11 is 0. The Hall–Kier alpha value is -1.59. The number of benzene rings is 1. The van der Waals surface area contributed by atoms with Gasteiger partial charge in [-0.05, 0) is 37.6 Å². The maximum absolute atomic E-state index is 8.77. The lowest BCUT2D eigenvalue weighted by Gasteiger charge is -2.07. The highest BCUT2D eigenvalue weighted by molar-refractivity contribution is 5.52. The van der Waals surface area contributed by atoms with Crippen LogP contribution in [0.15, 0.2) is 30.3 Å². The molecule has 0 bridgehead atoms. The molecule has 0 radical (unpaired) electrons. The van der Waals surface area contributed by atoms with E-state index < -0.39 is 0 Å². The molecule has 0 saturated heterocycles. The van der Waals surface area contributed by atoms with E-state index in [2.05, 4.69) is 31.3 Å². The van der Waals surface area contributed by atoms with Crippen LogP contribution in [0.1, 0.15) is 31.4 Å². The number of rotatable bonds is 5. The monoisotopic (exact) mass is 214 g/mol. The molecule has 0 saturated carbocycles. The first kappa shape index (κ1) is 12.5. The molecule has 1 N–H and O–H groups in total. The Morgan fingerprint density at radius 2 is 2.31 bits per heavy atom. The van der Waals surface area contributed by atoms with Crippen LogP contribution in [-0.2, 0) is 0 Å². The van der Waals surface area contributed by atoms with E-state index in [4.69, 9.17) is 5.26 Å². The molecular formula is C14H18N2. The summed E-state index contributed by atoms with van der Waals surface area (Å²) in [6.07, 6.45) is 5.31. The molecule has 0 aliphatic heterocycles. The fourth-order valence-corrected chi connectivity index (χ4v) is 1.41. The lowest BCUT2D eigenvalue weighted by atomic mass is 10.1. The van der Waals surface area contributed by atoms with Crippen LogP contribution < -0.4 is 5.32 Å². The maximum Gasteiger partial charge on any atom is 0.0991 e. The number of hydrogen-bond donors (Lipinski definition) is 1. The summed E-state index contributed by atoms with van der Waals surface area (Å²) in [4.78, 5) is 0. The van der Waals surface area contributed by atoms with E-state index in [1.165, 1.54) is 0 Å². The normalized spacial score (nSPS) is 12.6. The van der Waals surface area contributed by atoms with Crippen LogP contribution in [0.2, 0.25) is 0 Å². The first-order valence-electron chi connectivity index (χ1n) is 5.68. The zero-order chi connectivity index (χ0) is 11.8. The van der Waals surface area contributed by atoms with Crippen molar-refractivity contribution >= 4 is 6.08 Å². The van der Waals surface area contributed by atoms with Gasteiger partial charge in [-0.3, -0.25) is 0 Å². The van der Waals surface area contributed by atoms with Gasteiger partial charge in [0.1, 0.15) is 0 Å². The third-order valence-corrected chi connectivity index (χ3v) is 2.31. The van der Waals surface area contributed by atoms with Gasteiger partial charge in [0.15, 0.2) is 0 Å². The zero-order valence-electron chi connectivity index (χ0n) is 9.90. The topological polar surface area (TPSA) is 35.8 Å². The molecule has 0 aliphatic carbocycles. The lowest BCUT2D eigenvalue weighted by molar-refractivity contribution is 0.625. The minimum Gasteiger partial charge on any atom is -0.311 e. The molecule has 1 rings (SSSR count). The van der Waals surface area contributed by atoms with Crippen LogP contribution in [0.5, 0.6) is 0 Å². The minimum atomic E-state index is 0.366. The van der Waals surface area contributed by atoms with E-state index in [1.807, 2.05) is 30.3 Å². The summed E-state index contributed by atoms with van der Waals surface area (Å²) in [6.45, 7) is 5.31. The van der Waals surface area contributed by atoms with Gasteiger partial charge in [0.05, 0.1) is 11.6 Å². The molecule has 0 fully saturated rings. The summed E-state index contributed by atoms with van der Waals surface area (Å²) in [5.74, 6) is 0. The predicted molar refractivity (Wildman–Crippen MR) is 67.9 cm³/mol. The van der Waals surface area contributed by atoms with Crippen LogP contribution in [0.3, 0.4) is 0 Å². The molecule has 0 aromatic heterocycles. The molecule has 84 valence electrons. The SMILES string of the molecule is CCCNC(C)/C=C/c1cccc(C#N)c1. The van der Waals surface area contributed by atoms with E-state index >= 15 is 0 Å². The van der Waals surface area contributed by atoms with Crippen molar-refractivity contribution in [3.63, 3.8) is 0 Å². The van der Waals surface area contributed by atoms with Crippen LogP contribution >= 0.6 is 0 Å². The molecule has 1 aromatic rings. The Kier molecular flexibility index (Phi) is 5.31. The molecule has 0 aliphatic rings. The van der Waals surface area contributed by atoms with Crippen molar-refractivity contribution in [1.82, 2.24) is 5.32 Å². The van der Waals surface area contributed by atoms with E-state index in [1.54, 1.807) is 0 Å². The zero-order valence-corrected chi connectivity index (χ0v) is 9.90. The van der Waals surface area contributed by atoms with Crippen molar-refractivity contribution in [2.24, 2.45) is 0 Å². The molecule has 0 spiro atoms. The van der Waals surface area contributed by atoms with E-state index in [9.17, 15) is 0 Å². The van der Waals surface area contributed by atoms with Crippen molar-refractivity contribution in [1.29, 1.82) is 5.26 Å². The fraction of sp³-hybridized carbons (Fsp3) is 0.357. The highest BCUT2D eigenvalue weighted by Crippen LogP contribution is 2.06. The van der Waals surface area contributed by atoms with E-state index in [-0.39, 0.29) is 0 Å². The van der Waals surface area contributed by atoms with Gasteiger partial charge in [-0.25, -0.2) is 0 Å². The van der Waals surface area contributed by atoms with Gasteiger partial charge in [0.25, 0.3) is 0 Å². The lowest BCUT2D eigenvalue weighted by Crippen LogP contribution is -2.24. The summed E-state index contributed by atoms with van der Waals surface area (Å²) in [5.41, 5.74) is 1.78. The van der Waals surface area contributed by atoms with Crippen LogP contribution in [0.25, 0.3) is 6.08 Å². The third kappa shape index (κ3) is 4.29. The van der Waals surface area contributed by atoms with Gasteiger partial charge in [-0.1, -0.05) is 31.2 Å². The van der Waals surface area contributed by atoms with E-state index in [0.717, 1.165) is 18.5 Å². The van der Waals surface area contributed by atoms with Crippen molar-refractivity contribution in [2.45, 2.75) is 26.3 Å². The molecule has 1 unspecified atom stereocenters. The average Bonchev–Trinajstić information content (AvgIpc) is 2.34. The highest BCUT2D eigenvalue weighted by Gasteiger charge is 1.94. The third-order valence-electron chi connectivity index (χ3n) is 2.31. The van der Waals surface area contributed by atoms with Gasteiger partial charge in [-0.15, -0.1) is 0 Å². The molecule has 0 heterocycles. The predicted octanol–water partition coefficient (Wildman–Crippen LogP) is 2.96. The van der Waals surface area contributed by atoms with Gasteiger partial charge in [-0.2, -0.15) is 5.26 Å². The number of nitrogens with zero attached hydrogens (tertiary/aromatic N) is 1. The van der Waals surface area contributed by atoms with Gasteiger partial charge in [0, 0.05) is 6.04 Å². The summed E-state index contributed by atoms with van der Waals surface area (Å²) in [5, 5.41) is 12.1. The maximum atomic E-state index is 8.77. The van der Waals surface area contributed by atoms with Crippen molar-refractivity contribution < 1.29 is 0 Å². The highest BCUT2D eigenvalue weighted by atomic mass is 14.9. The fourth-order valence-electron chi connectivity index (χ4n) is 1.41. The Morgan fingerprint density at radius 1 is 1.50 bits per heavy atom. The second kappa shape index (κ2) is 6.81. The number of hydrogen-bond acceptors (Lipinski definition) is 2. The van der Waals surface area contributed by atoms with Gasteiger partial charge < -0.3 is 5.32 Å². The van der Waals surface area contributed by atoms with Gasteiger partial charge >= 0.3 is 0 Å². The second-order valence-electron chi connectivity index (χ2n) is 3.84. The summed E-state index contributed by atoms with van der Waals surface area (Å²) < 4.78 is 0. The molecule has 0 amide bonds. The Labute approximate surface area is 97.6 Å². The van der Waals surface area contributed by atoms with Crippen LogP contribution in [-0.4, -0.2) is 12.6 Å². The largest absolute Gasteiger partial charge is 0.311 e. The van der Waals surface area contributed by atoms with E-state index in [0.29, 0.717) is 11.6 Å². The average molecular weight is 214 g/mol. The first-order valence-corrected chi connectivity index (χ1v) is 5.68. The smallest absolute Gasteiger partial charge is 0.0991 e. The molecule has 2 nitrogen and oxygen atoms in total. The van der Waals surface area contributed by atoms with Crippen molar-refractivity contribution in [3.05, 3.63) is 41.5 Å². The first-order chi connectivity index (χ1) is 7.76. The summed E-state index contributed by atoms with van der Waals surface area (Å²) in [6, 6.07) is 10.1. The number of nitriles is 1. The van der Waals surface area contributed by atoms with Crippen LogP contribution in [0.4, 0.5) is 0 Å². The van der Waals surface area contributed by atoms with Crippen molar-refractivity contribution in [2.75, 3.05) is 6.54 Å². The minimum absolute atomic E-state index is 0.366. The quantitative estimate of drug-likeness (QED) is 0.818. The Balaban J connectivity index is 2.58. The molecule has 2 heteroatoms. The van der Waals surface area contributed by atoms with Crippen LogP contribution in [0, 0.1) is 11.3 Å². The molecule has 1 aromatic carbocycles. The standard InChI is InChI=1S/C14H18N2/c1-3-9-16-12(2)7-8-13-5-4-6-14(10-13)11-15/h4-8,10,12,16H,3,9H2,1-2H3/b8-7+. The molecule has 16 heavy (non-hydrogen) atoms. The Bertz CT molecular complexity index is 388. The molecular weight excluding hydrogens is 196 g/mol. The second-order valence-corrected chi connectivity index (χ2v) is 3.84. The molecule has 1 atom stereocenters.